The summed E-state index contributed by atoms with van der Waals surface area (Å²) >= 11 is 0. The van der Waals surface area contributed by atoms with Crippen molar-refractivity contribution in [3.05, 3.63) is 0 Å². The predicted octanol–water partition coefficient (Wildman–Crippen LogP) is 5.68. The van der Waals surface area contributed by atoms with Gasteiger partial charge in [-0.05, 0) is 12.8 Å². The Morgan fingerprint density at radius 2 is 1.19 bits per heavy atom. The smallest absolute Gasteiger partial charge is 0.326 e. The van der Waals surface area contributed by atoms with Gasteiger partial charge < -0.3 is 4.74 Å². The van der Waals surface area contributed by atoms with Crippen LogP contribution in [0.25, 0.3) is 0 Å². The lowest BCUT2D eigenvalue weighted by molar-refractivity contribution is -0.143. The quantitative estimate of drug-likeness (QED) is 0.184. The normalized spacial score (nSPS) is 12.9. The van der Waals surface area contributed by atoms with Gasteiger partial charge in [0.1, 0.15) is 0 Å². The molecule has 0 heterocycles. The molecular formula is C20H40O5S. The largest absolute Gasteiger partial charge is 0.465 e. The van der Waals surface area contributed by atoms with E-state index in [4.69, 9.17) is 4.74 Å². The molecule has 0 amide bonds. The highest BCUT2D eigenvalue weighted by molar-refractivity contribution is 7.87. The SMILES string of the molecule is CCCCCCCCCCCCCCC(C(=O)OCCCC)S(=O)(=O)O. The molecule has 0 aromatic carbocycles. The molecule has 0 aromatic rings. The van der Waals surface area contributed by atoms with E-state index in [1.807, 2.05) is 6.92 Å². The topological polar surface area (TPSA) is 80.7 Å². The van der Waals surface area contributed by atoms with Crippen molar-refractivity contribution in [1.82, 2.24) is 0 Å². The van der Waals surface area contributed by atoms with E-state index in [1.54, 1.807) is 0 Å². The van der Waals surface area contributed by atoms with Crippen molar-refractivity contribution in [2.24, 2.45) is 0 Å². The lowest BCUT2D eigenvalue weighted by Gasteiger charge is -2.13. The maximum absolute atomic E-state index is 11.8. The van der Waals surface area contributed by atoms with Crippen LogP contribution in [-0.2, 0) is 19.6 Å². The summed E-state index contributed by atoms with van der Waals surface area (Å²) in [4.78, 5) is 11.8. The first-order valence-electron chi connectivity index (χ1n) is 10.6. The van der Waals surface area contributed by atoms with Gasteiger partial charge in [0.2, 0.25) is 0 Å². The van der Waals surface area contributed by atoms with Crippen LogP contribution in [0.2, 0.25) is 0 Å². The van der Waals surface area contributed by atoms with Gasteiger partial charge in [-0.3, -0.25) is 9.35 Å². The summed E-state index contributed by atoms with van der Waals surface area (Å²) < 4.78 is 37.0. The van der Waals surface area contributed by atoms with Crippen molar-refractivity contribution in [3.8, 4) is 0 Å². The number of unbranched alkanes of at least 4 members (excludes halogenated alkanes) is 12. The highest BCUT2D eigenvalue weighted by Crippen LogP contribution is 2.16. The number of carbonyl (C=O) groups is 1. The van der Waals surface area contributed by atoms with Gasteiger partial charge in [0.25, 0.3) is 10.1 Å². The molecule has 1 atom stereocenters. The molecule has 0 saturated heterocycles. The van der Waals surface area contributed by atoms with Gasteiger partial charge in [-0.25, -0.2) is 0 Å². The lowest BCUT2D eigenvalue weighted by atomic mass is 10.0. The van der Waals surface area contributed by atoms with E-state index in [-0.39, 0.29) is 13.0 Å². The summed E-state index contributed by atoms with van der Waals surface area (Å²) in [7, 11) is -4.39. The summed E-state index contributed by atoms with van der Waals surface area (Å²) in [5.41, 5.74) is 0. The molecule has 26 heavy (non-hydrogen) atoms. The summed E-state index contributed by atoms with van der Waals surface area (Å²) in [5.74, 6) is -0.816. The van der Waals surface area contributed by atoms with Crippen LogP contribution in [0.1, 0.15) is 110 Å². The van der Waals surface area contributed by atoms with Gasteiger partial charge in [-0.15, -0.1) is 0 Å². The van der Waals surface area contributed by atoms with E-state index >= 15 is 0 Å². The van der Waals surface area contributed by atoms with E-state index in [9.17, 15) is 17.8 Å². The van der Waals surface area contributed by atoms with Crippen LogP contribution < -0.4 is 0 Å². The molecule has 6 heteroatoms. The third-order valence-electron chi connectivity index (χ3n) is 4.68. The van der Waals surface area contributed by atoms with Crippen molar-refractivity contribution in [2.75, 3.05) is 6.61 Å². The number of carbonyl (C=O) groups excluding carboxylic acids is 1. The third kappa shape index (κ3) is 14.5. The van der Waals surface area contributed by atoms with Gasteiger partial charge in [0.05, 0.1) is 6.61 Å². The molecule has 0 saturated carbocycles. The molecule has 156 valence electrons. The van der Waals surface area contributed by atoms with Crippen molar-refractivity contribution >= 4 is 16.1 Å². The van der Waals surface area contributed by atoms with Gasteiger partial charge in [-0.2, -0.15) is 8.42 Å². The number of esters is 1. The minimum absolute atomic E-state index is 0.140. The summed E-state index contributed by atoms with van der Waals surface area (Å²) in [5, 5.41) is -1.43. The zero-order valence-corrected chi connectivity index (χ0v) is 17.7. The highest BCUT2D eigenvalue weighted by Gasteiger charge is 2.31. The first-order chi connectivity index (χ1) is 12.4. The average Bonchev–Trinajstić information content (AvgIpc) is 2.58. The molecule has 0 spiro atoms. The first kappa shape index (κ1) is 25.4. The molecule has 0 aliphatic carbocycles. The Bertz CT molecular complexity index is 433. The number of hydrogen-bond donors (Lipinski definition) is 1. The van der Waals surface area contributed by atoms with Crippen LogP contribution in [-0.4, -0.2) is 30.8 Å². The lowest BCUT2D eigenvalue weighted by Crippen LogP contribution is -2.32. The van der Waals surface area contributed by atoms with Crippen LogP contribution in [0.5, 0.6) is 0 Å². The van der Waals surface area contributed by atoms with Crippen LogP contribution in [0, 0.1) is 0 Å². The van der Waals surface area contributed by atoms with E-state index in [2.05, 4.69) is 6.92 Å². The van der Waals surface area contributed by atoms with Crippen LogP contribution in [0.3, 0.4) is 0 Å². The maximum atomic E-state index is 11.8. The highest BCUT2D eigenvalue weighted by atomic mass is 32.2. The minimum Gasteiger partial charge on any atom is -0.465 e. The Labute approximate surface area is 161 Å². The molecule has 1 N–H and O–H groups in total. The van der Waals surface area contributed by atoms with Crippen molar-refractivity contribution in [2.45, 2.75) is 115 Å². The monoisotopic (exact) mass is 392 g/mol. The van der Waals surface area contributed by atoms with Crippen molar-refractivity contribution in [1.29, 1.82) is 0 Å². The molecule has 0 aromatic heterocycles. The number of rotatable bonds is 18. The second-order valence-corrected chi connectivity index (χ2v) is 8.80. The fourth-order valence-electron chi connectivity index (χ4n) is 2.97. The minimum atomic E-state index is -4.39. The van der Waals surface area contributed by atoms with Crippen molar-refractivity contribution in [3.63, 3.8) is 0 Å². The van der Waals surface area contributed by atoms with Crippen LogP contribution in [0.4, 0.5) is 0 Å². The van der Waals surface area contributed by atoms with Crippen LogP contribution >= 0.6 is 0 Å². The second-order valence-electron chi connectivity index (χ2n) is 7.20. The maximum Gasteiger partial charge on any atom is 0.326 e. The fraction of sp³-hybridized carbons (Fsp3) is 0.950. The average molecular weight is 393 g/mol. The van der Waals surface area contributed by atoms with E-state index in [0.29, 0.717) is 12.8 Å². The van der Waals surface area contributed by atoms with E-state index in [1.165, 1.54) is 51.4 Å². The third-order valence-corrected chi connectivity index (χ3v) is 5.83. The van der Waals surface area contributed by atoms with E-state index < -0.39 is 21.3 Å². The zero-order valence-electron chi connectivity index (χ0n) is 16.9. The Kier molecular flexibility index (Phi) is 16.2. The van der Waals surface area contributed by atoms with Crippen molar-refractivity contribution < 1.29 is 22.5 Å². The number of hydrogen-bond acceptors (Lipinski definition) is 4. The Balaban J connectivity index is 3.75. The molecule has 0 aliphatic rings. The molecule has 1 unspecified atom stereocenters. The molecule has 0 fully saturated rings. The molecule has 0 rings (SSSR count). The predicted molar refractivity (Wildman–Crippen MR) is 107 cm³/mol. The van der Waals surface area contributed by atoms with Gasteiger partial charge >= 0.3 is 5.97 Å². The summed E-state index contributed by atoms with van der Waals surface area (Å²) in [6, 6.07) is 0. The molecule has 5 nitrogen and oxygen atoms in total. The first-order valence-corrected chi connectivity index (χ1v) is 12.1. The zero-order chi connectivity index (χ0) is 19.7. The second kappa shape index (κ2) is 16.5. The molecular weight excluding hydrogens is 352 g/mol. The van der Waals surface area contributed by atoms with Gasteiger partial charge in [0, 0.05) is 0 Å². The summed E-state index contributed by atoms with van der Waals surface area (Å²) in [6.07, 6.45) is 15.8. The Morgan fingerprint density at radius 3 is 1.62 bits per heavy atom. The fourth-order valence-corrected chi connectivity index (χ4v) is 3.74. The van der Waals surface area contributed by atoms with E-state index in [0.717, 1.165) is 25.7 Å². The Morgan fingerprint density at radius 1 is 0.769 bits per heavy atom. The standard InChI is InChI=1S/C20H40O5S/c1-3-5-7-8-9-10-11-12-13-14-15-16-17-19(26(22,23)24)20(21)25-18-6-4-2/h19H,3-18H2,1-2H3,(H,22,23,24). The van der Waals surface area contributed by atoms with Gasteiger partial charge in [-0.1, -0.05) is 97.3 Å². The summed E-state index contributed by atoms with van der Waals surface area (Å²) in [6.45, 7) is 4.40. The Hall–Kier alpha value is -0.620. The number of ether oxygens (including phenoxy) is 1. The van der Waals surface area contributed by atoms with Gasteiger partial charge in [0.15, 0.2) is 5.25 Å². The molecule has 0 bridgehead atoms. The molecule has 0 radical (unpaired) electrons. The van der Waals surface area contributed by atoms with Crippen LogP contribution in [0.15, 0.2) is 0 Å². The molecule has 0 aliphatic heterocycles.